The van der Waals surface area contributed by atoms with Crippen molar-refractivity contribution < 1.29 is 9.59 Å². The second-order valence-corrected chi connectivity index (χ2v) is 6.45. The van der Waals surface area contributed by atoms with Crippen molar-refractivity contribution in [3.63, 3.8) is 0 Å². The fourth-order valence-electron chi connectivity index (χ4n) is 2.07. The lowest BCUT2D eigenvalue weighted by Gasteiger charge is -2.08. The molecule has 0 fully saturated rings. The number of amides is 3. The number of nitrogens with one attached hydrogen (secondary N) is 3. The minimum Gasteiger partial charge on any atom is -0.359 e. The maximum atomic E-state index is 11.9. The molecule has 0 aliphatic carbocycles. The molecule has 24 heavy (non-hydrogen) atoms. The summed E-state index contributed by atoms with van der Waals surface area (Å²) in [6, 6.07) is 6.97. The predicted molar refractivity (Wildman–Crippen MR) is 96.4 cm³/mol. The van der Waals surface area contributed by atoms with Gasteiger partial charge < -0.3 is 16.0 Å². The van der Waals surface area contributed by atoms with Crippen LogP contribution in [0.3, 0.4) is 0 Å². The number of hydrogen-bond acceptors (Lipinski definition) is 4. The first-order chi connectivity index (χ1) is 11.6. The van der Waals surface area contributed by atoms with E-state index in [-0.39, 0.29) is 11.9 Å². The number of likely N-dealkylation sites (N-methyl/N-ethyl adjacent to an activating group) is 1. The molecule has 128 valence electrons. The quantitative estimate of drug-likeness (QED) is 0.720. The summed E-state index contributed by atoms with van der Waals surface area (Å²) in [5.74, 6) is -0.0399. The zero-order valence-electron chi connectivity index (χ0n) is 13.9. The van der Waals surface area contributed by atoms with Gasteiger partial charge in [0.05, 0.1) is 11.4 Å². The summed E-state index contributed by atoms with van der Waals surface area (Å²) in [6.45, 7) is 2.64. The topological polar surface area (TPSA) is 83.1 Å². The first kappa shape index (κ1) is 17.9. The molecular formula is C17H22N4O2S. The molecule has 3 N–H and O–H groups in total. The molecule has 0 atom stereocenters. The average molecular weight is 346 g/mol. The Morgan fingerprint density at radius 3 is 2.58 bits per heavy atom. The summed E-state index contributed by atoms with van der Waals surface area (Å²) in [6.07, 6.45) is 3.93. The van der Waals surface area contributed by atoms with Crippen LogP contribution < -0.4 is 16.0 Å². The van der Waals surface area contributed by atoms with Crippen molar-refractivity contribution in [2.45, 2.75) is 26.2 Å². The van der Waals surface area contributed by atoms with Crippen molar-refractivity contribution in [1.82, 2.24) is 15.6 Å². The fraction of sp³-hybridized carbons (Fsp3) is 0.353. The van der Waals surface area contributed by atoms with Gasteiger partial charge >= 0.3 is 6.03 Å². The van der Waals surface area contributed by atoms with Crippen molar-refractivity contribution in [1.29, 1.82) is 0 Å². The van der Waals surface area contributed by atoms with E-state index in [0.29, 0.717) is 18.7 Å². The van der Waals surface area contributed by atoms with Crippen molar-refractivity contribution in [2.75, 3.05) is 18.9 Å². The van der Waals surface area contributed by atoms with Crippen LogP contribution in [0.5, 0.6) is 0 Å². The molecule has 2 aromatic rings. The van der Waals surface area contributed by atoms with Gasteiger partial charge in [-0.05, 0) is 24.1 Å². The molecule has 2 rings (SSSR count). The van der Waals surface area contributed by atoms with Crippen LogP contribution in [0.15, 0.2) is 30.5 Å². The Hall–Kier alpha value is -2.41. The second-order valence-electron chi connectivity index (χ2n) is 5.25. The van der Waals surface area contributed by atoms with Gasteiger partial charge in [-0.2, -0.15) is 0 Å². The van der Waals surface area contributed by atoms with E-state index in [2.05, 4.69) is 27.9 Å². The van der Waals surface area contributed by atoms with E-state index in [4.69, 9.17) is 0 Å². The number of carbonyl (C=O) groups is 2. The molecule has 0 radical (unpaired) electrons. The number of aromatic nitrogens is 1. The number of benzene rings is 1. The van der Waals surface area contributed by atoms with Gasteiger partial charge in [-0.15, -0.1) is 11.3 Å². The van der Waals surface area contributed by atoms with Gasteiger partial charge in [0.25, 0.3) is 0 Å². The Morgan fingerprint density at radius 1 is 1.21 bits per heavy atom. The molecule has 7 heteroatoms. The molecule has 0 spiro atoms. The molecule has 1 aromatic carbocycles. The first-order valence-electron chi connectivity index (χ1n) is 7.88. The van der Waals surface area contributed by atoms with Gasteiger partial charge in [-0.1, -0.05) is 19.1 Å². The van der Waals surface area contributed by atoms with Crippen molar-refractivity contribution >= 4 is 29.0 Å². The molecule has 0 unspecified atom stereocenters. The normalized spacial score (nSPS) is 10.2. The highest BCUT2D eigenvalue weighted by atomic mass is 32.1. The second kappa shape index (κ2) is 9.02. The summed E-state index contributed by atoms with van der Waals surface area (Å²) in [5, 5.41) is 9.20. The Kier molecular flexibility index (Phi) is 6.74. The Bertz CT molecular complexity index is 682. The lowest BCUT2D eigenvalue weighted by atomic mass is 10.1. The number of nitrogens with zero attached hydrogens (tertiary/aromatic N) is 1. The summed E-state index contributed by atoms with van der Waals surface area (Å²) < 4.78 is 0. The largest absolute Gasteiger partial charge is 0.359 e. The lowest BCUT2D eigenvalue weighted by Crippen LogP contribution is -2.30. The van der Waals surface area contributed by atoms with Crippen LogP contribution in [0.4, 0.5) is 10.5 Å². The SMILES string of the molecule is CCc1cnc(CCNC(=O)Nc2ccc(CC(=O)NC)cc2)s1. The highest BCUT2D eigenvalue weighted by Crippen LogP contribution is 2.13. The minimum absolute atomic E-state index is 0.0399. The zero-order valence-corrected chi connectivity index (χ0v) is 14.7. The third-order valence-electron chi connectivity index (χ3n) is 3.43. The Labute approximate surface area is 145 Å². The van der Waals surface area contributed by atoms with E-state index in [9.17, 15) is 9.59 Å². The molecular weight excluding hydrogens is 324 g/mol. The minimum atomic E-state index is -0.249. The molecule has 1 aromatic heterocycles. The summed E-state index contributed by atoms with van der Waals surface area (Å²) in [5.41, 5.74) is 1.59. The van der Waals surface area contributed by atoms with Crippen LogP contribution in [0.25, 0.3) is 0 Å². The van der Waals surface area contributed by atoms with E-state index in [0.717, 1.165) is 23.4 Å². The van der Waals surface area contributed by atoms with Crippen LogP contribution in [0, 0.1) is 0 Å². The van der Waals surface area contributed by atoms with Crippen molar-refractivity contribution in [3.8, 4) is 0 Å². The van der Waals surface area contributed by atoms with Gasteiger partial charge in [0.2, 0.25) is 5.91 Å². The third-order valence-corrected chi connectivity index (χ3v) is 4.63. The first-order valence-corrected chi connectivity index (χ1v) is 8.70. The number of carbonyl (C=O) groups excluding carboxylic acids is 2. The standard InChI is InChI=1S/C17H22N4O2S/c1-3-14-11-20-16(24-14)8-9-19-17(23)21-13-6-4-12(5-7-13)10-15(22)18-2/h4-7,11H,3,8-10H2,1-2H3,(H,18,22)(H2,19,21,23). The number of thiazole rings is 1. The van der Waals surface area contributed by atoms with Crippen molar-refractivity contribution in [3.05, 3.63) is 45.9 Å². The zero-order chi connectivity index (χ0) is 17.4. The van der Waals surface area contributed by atoms with Crippen LogP contribution in [-0.4, -0.2) is 30.5 Å². The third kappa shape index (κ3) is 5.66. The number of aryl methyl sites for hydroxylation is 1. The number of urea groups is 1. The van der Waals surface area contributed by atoms with E-state index in [1.807, 2.05) is 18.3 Å². The lowest BCUT2D eigenvalue weighted by molar-refractivity contribution is -0.119. The van der Waals surface area contributed by atoms with Gasteiger partial charge in [-0.3, -0.25) is 4.79 Å². The molecule has 6 nitrogen and oxygen atoms in total. The Morgan fingerprint density at radius 2 is 1.96 bits per heavy atom. The van der Waals surface area contributed by atoms with Gasteiger partial charge in [-0.25, -0.2) is 9.78 Å². The molecule has 0 aliphatic heterocycles. The monoisotopic (exact) mass is 346 g/mol. The summed E-state index contributed by atoms with van der Waals surface area (Å²) >= 11 is 1.68. The van der Waals surface area contributed by atoms with Gasteiger partial charge in [0.1, 0.15) is 0 Å². The number of rotatable bonds is 7. The van der Waals surface area contributed by atoms with Crippen LogP contribution >= 0.6 is 11.3 Å². The van der Waals surface area contributed by atoms with Crippen LogP contribution in [0.1, 0.15) is 22.4 Å². The van der Waals surface area contributed by atoms with Crippen LogP contribution in [0.2, 0.25) is 0 Å². The van der Waals surface area contributed by atoms with E-state index in [1.165, 1.54) is 4.88 Å². The summed E-state index contributed by atoms with van der Waals surface area (Å²) in [4.78, 5) is 28.8. The number of anilines is 1. The molecule has 0 aliphatic rings. The highest BCUT2D eigenvalue weighted by molar-refractivity contribution is 7.11. The fourth-order valence-corrected chi connectivity index (χ4v) is 2.93. The Balaban J connectivity index is 1.74. The molecule has 0 saturated carbocycles. The van der Waals surface area contributed by atoms with Crippen molar-refractivity contribution in [2.24, 2.45) is 0 Å². The molecule has 0 bridgehead atoms. The summed E-state index contributed by atoms with van der Waals surface area (Å²) in [7, 11) is 1.61. The highest BCUT2D eigenvalue weighted by Gasteiger charge is 2.05. The number of hydrogen-bond donors (Lipinski definition) is 3. The van der Waals surface area contributed by atoms with Gasteiger partial charge in [0.15, 0.2) is 0 Å². The average Bonchev–Trinajstić information content (AvgIpc) is 3.04. The maximum absolute atomic E-state index is 11.9. The molecule has 1 heterocycles. The van der Waals surface area contributed by atoms with E-state index in [1.54, 1.807) is 30.5 Å². The van der Waals surface area contributed by atoms with E-state index < -0.39 is 0 Å². The molecule has 3 amide bonds. The molecule has 0 saturated heterocycles. The predicted octanol–water partition coefficient (Wildman–Crippen LogP) is 2.36. The van der Waals surface area contributed by atoms with Crippen LogP contribution in [-0.2, 0) is 24.1 Å². The van der Waals surface area contributed by atoms with Gasteiger partial charge in [0, 0.05) is 36.8 Å². The van der Waals surface area contributed by atoms with E-state index >= 15 is 0 Å². The smallest absolute Gasteiger partial charge is 0.319 e. The maximum Gasteiger partial charge on any atom is 0.319 e.